The first-order valence-corrected chi connectivity index (χ1v) is 11.2. The summed E-state index contributed by atoms with van der Waals surface area (Å²) in [4.78, 5) is 38.3. The van der Waals surface area contributed by atoms with Gasteiger partial charge in [0, 0.05) is 36.7 Å². The number of ether oxygens (including phenoxy) is 3. The van der Waals surface area contributed by atoms with Crippen molar-refractivity contribution in [2.24, 2.45) is 34.5 Å². The summed E-state index contributed by atoms with van der Waals surface area (Å²) in [5.41, 5.74) is -3.67. The minimum Gasteiger partial charge on any atom is -0.462 e. The van der Waals surface area contributed by atoms with Crippen LogP contribution in [-0.2, 0) is 28.6 Å². The molecule has 11 atom stereocenters. The van der Waals surface area contributed by atoms with Gasteiger partial charge in [-0.25, -0.2) is 0 Å². The molecule has 0 aromatic rings. The van der Waals surface area contributed by atoms with E-state index in [9.17, 15) is 24.6 Å². The summed E-state index contributed by atoms with van der Waals surface area (Å²) < 4.78 is 17.4. The van der Waals surface area contributed by atoms with Crippen molar-refractivity contribution in [2.75, 3.05) is 7.11 Å². The van der Waals surface area contributed by atoms with Crippen LogP contribution in [0.4, 0.5) is 0 Å². The van der Waals surface area contributed by atoms with Crippen LogP contribution in [0, 0.1) is 34.5 Å². The van der Waals surface area contributed by atoms with Gasteiger partial charge >= 0.3 is 11.9 Å². The number of hydrogen-bond donors (Lipinski definition) is 2. The third-order valence-electron chi connectivity index (χ3n) is 9.41. The number of rotatable bonds is 2. The Morgan fingerprint density at radius 1 is 1.16 bits per heavy atom. The lowest BCUT2D eigenvalue weighted by Crippen LogP contribution is -2.80. The second kappa shape index (κ2) is 6.99. The predicted molar refractivity (Wildman–Crippen MR) is 108 cm³/mol. The summed E-state index contributed by atoms with van der Waals surface area (Å²) >= 11 is 0. The van der Waals surface area contributed by atoms with Crippen LogP contribution in [-0.4, -0.2) is 65.1 Å². The van der Waals surface area contributed by atoms with Crippen LogP contribution >= 0.6 is 0 Å². The number of esters is 2. The Morgan fingerprint density at radius 2 is 1.81 bits per heavy atom. The zero-order valence-electron chi connectivity index (χ0n) is 19.1. The van der Waals surface area contributed by atoms with Gasteiger partial charge in [-0.05, 0) is 24.7 Å². The molecule has 0 aromatic heterocycles. The fourth-order valence-corrected chi connectivity index (χ4v) is 7.99. The van der Waals surface area contributed by atoms with Crippen molar-refractivity contribution in [3.8, 4) is 0 Å². The van der Waals surface area contributed by atoms with Gasteiger partial charge in [0.1, 0.15) is 18.3 Å². The normalized spacial score (nSPS) is 53.8. The largest absolute Gasteiger partial charge is 0.462 e. The summed E-state index contributed by atoms with van der Waals surface area (Å²) in [6.07, 6.45) is -2.81. The van der Waals surface area contributed by atoms with Crippen molar-refractivity contribution in [1.29, 1.82) is 0 Å². The van der Waals surface area contributed by atoms with E-state index >= 15 is 0 Å². The fourth-order valence-electron chi connectivity index (χ4n) is 7.99. The second-order valence-electron chi connectivity index (χ2n) is 10.6. The molecule has 0 unspecified atom stereocenters. The first-order valence-electron chi connectivity index (χ1n) is 11.2. The van der Waals surface area contributed by atoms with E-state index in [-0.39, 0.29) is 24.0 Å². The molecule has 4 rings (SSSR count). The van der Waals surface area contributed by atoms with Crippen molar-refractivity contribution in [1.82, 2.24) is 0 Å². The molecule has 0 amide bonds. The highest BCUT2D eigenvalue weighted by molar-refractivity contribution is 5.90. The van der Waals surface area contributed by atoms with Gasteiger partial charge in [0.25, 0.3) is 0 Å². The number of fused-ring (bicyclic) bond motifs is 2. The third-order valence-corrected chi connectivity index (χ3v) is 9.41. The van der Waals surface area contributed by atoms with E-state index in [0.717, 1.165) is 0 Å². The molecule has 1 heterocycles. The minimum atomic E-state index is -1.52. The average molecular weight is 439 g/mol. The van der Waals surface area contributed by atoms with Crippen LogP contribution in [0.5, 0.6) is 0 Å². The van der Waals surface area contributed by atoms with Crippen LogP contribution in [0.3, 0.4) is 0 Å². The molecule has 8 nitrogen and oxygen atoms in total. The molecule has 0 radical (unpaired) electrons. The van der Waals surface area contributed by atoms with Crippen LogP contribution < -0.4 is 0 Å². The number of hydrogen-bond acceptors (Lipinski definition) is 8. The predicted octanol–water partition coefficient (Wildman–Crippen LogP) is 1.25. The summed E-state index contributed by atoms with van der Waals surface area (Å²) in [6, 6.07) is 0. The molecule has 1 saturated heterocycles. The van der Waals surface area contributed by atoms with Crippen LogP contribution in [0.2, 0.25) is 0 Å². The van der Waals surface area contributed by atoms with Gasteiger partial charge in [-0.1, -0.05) is 27.7 Å². The molecule has 4 fully saturated rings. The highest BCUT2D eigenvalue weighted by atomic mass is 16.6. The van der Waals surface area contributed by atoms with Crippen molar-refractivity contribution >= 4 is 17.7 Å². The van der Waals surface area contributed by atoms with Gasteiger partial charge in [-0.3, -0.25) is 14.4 Å². The third kappa shape index (κ3) is 2.67. The van der Waals surface area contributed by atoms with Gasteiger partial charge in [-0.15, -0.1) is 0 Å². The van der Waals surface area contributed by atoms with Crippen molar-refractivity contribution in [3.63, 3.8) is 0 Å². The van der Waals surface area contributed by atoms with E-state index in [2.05, 4.69) is 0 Å². The Labute approximate surface area is 182 Å². The first-order chi connectivity index (χ1) is 14.3. The second-order valence-corrected chi connectivity index (χ2v) is 10.6. The topological polar surface area (TPSA) is 119 Å². The van der Waals surface area contributed by atoms with E-state index in [1.165, 1.54) is 14.0 Å². The lowest BCUT2D eigenvalue weighted by atomic mass is 9.36. The molecule has 4 aliphatic rings. The van der Waals surface area contributed by atoms with Crippen LogP contribution in [0.15, 0.2) is 0 Å². The van der Waals surface area contributed by atoms with Crippen LogP contribution in [0.25, 0.3) is 0 Å². The molecule has 0 aromatic carbocycles. The molecule has 2 N–H and O–H groups in total. The Balaban J connectivity index is 2.00. The zero-order chi connectivity index (χ0) is 23.1. The van der Waals surface area contributed by atoms with E-state index in [1.54, 1.807) is 6.92 Å². The number of aliphatic hydroxyl groups excluding tert-OH is 1. The highest BCUT2D eigenvalue weighted by Crippen LogP contribution is 2.70. The number of Topliss-reactive ketones (excluding diaryl/α,β-unsaturated/α-hetero) is 1. The Hall–Kier alpha value is -1.51. The smallest absolute Gasteiger partial charge is 0.309 e. The SMILES string of the molecule is CO[C@@H]1[C@@H](OC(C)=O)[C@@H]2[C@@]3(C)C(=O)[C@@H](O)C[C@@H](C)[C@@H]3C[C@H]3OC(=O)C[C@@](O)([C@H]1C)[C@@]23C. The molecule has 3 saturated carbocycles. The number of ketones is 1. The molecule has 0 bridgehead atoms. The van der Waals surface area contributed by atoms with Gasteiger partial charge in [0.05, 0.1) is 18.1 Å². The van der Waals surface area contributed by atoms with Gasteiger partial charge in [0.15, 0.2) is 5.78 Å². The van der Waals surface area contributed by atoms with E-state index in [0.29, 0.717) is 12.8 Å². The average Bonchev–Trinajstić information content (AvgIpc) is 2.66. The molecule has 174 valence electrons. The summed E-state index contributed by atoms with van der Waals surface area (Å²) in [7, 11) is 1.48. The lowest BCUT2D eigenvalue weighted by Gasteiger charge is -2.71. The van der Waals surface area contributed by atoms with E-state index in [4.69, 9.17) is 14.2 Å². The van der Waals surface area contributed by atoms with E-state index in [1.807, 2.05) is 20.8 Å². The molecular weight excluding hydrogens is 404 g/mol. The molecule has 8 heteroatoms. The Morgan fingerprint density at radius 3 is 2.39 bits per heavy atom. The number of aliphatic hydroxyl groups is 2. The van der Waals surface area contributed by atoms with Gasteiger partial charge < -0.3 is 24.4 Å². The Kier molecular flexibility index (Phi) is 5.11. The quantitative estimate of drug-likeness (QED) is 0.618. The maximum atomic E-state index is 13.6. The van der Waals surface area contributed by atoms with Crippen molar-refractivity contribution < 1.29 is 38.8 Å². The van der Waals surface area contributed by atoms with E-state index < -0.39 is 64.6 Å². The van der Waals surface area contributed by atoms with Gasteiger partial charge in [-0.2, -0.15) is 0 Å². The number of carbonyl (C=O) groups excluding carboxylic acids is 3. The zero-order valence-corrected chi connectivity index (χ0v) is 19.1. The maximum Gasteiger partial charge on any atom is 0.309 e. The minimum absolute atomic E-state index is 0.0192. The number of carbonyl (C=O) groups is 3. The van der Waals surface area contributed by atoms with Crippen molar-refractivity contribution in [3.05, 3.63) is 0 Å². The maximum absolute atomic E-state index is 13.6. The first kappa shape index (κ1) is 22.7. The summed E-state index contributed by atoms with van der Waals surface area (Å²) in [5, 5.41) is 22.7. The molecule has 1 aliphatic heterocycles. The monoisotopic (exact) mass is 438 g/mol. The highest BCUT2D eigenvalue weighted by Gasteiger charge is 2.78. The van der Waals surface area contributed by atoms with Gasteiger partial charge in [0.2, 0.25) is 0 Å². The molecular formula is C23H34O8. The molecule has 0 spiro atoms. The van der Waals surface area contributed by atoms with Crippen molar-refractivity contribution in [2.45, 2.75) is 83.9 Å². The summed E-state index contributed by atoms with van der Waals surface area (Å²) in [5.74, 6) is -2.77. The number of methoxy groups -OCH3 is 1. The fraction of sp³-hybridized carbons (Fsp3) is 0.870. The Bertz CT molecular complexity index is 811. The lowest BCUT2D eigenvalue weighted by molar-refractivity contribution is -0.335. The molecule has 3 aliphatic carbocycles. The molecule has 31 heavy (non-hydrogen) atoms. The van der Waals surface area contributed by atoms with Crippen LogP contribution in [0.1, 0.15) is 53.9 Å². The summed E-state index contributed by atoms with van der Waals surface area (Å²) in [6.45, 7) is 8.74. The standard InChI is InChI=1S/C23H34O8/c1-10-7-14(25)20(27)21(4)13(10)8-15-22(5)19(21)18(30-12(3)24)17(29-6)11(2)23(22,28)9-16(26)31-15/h10-11,13-15,17-19,25,28H,7-9H2,1-6H3/t10-,11+,13+,14+,15-,17+,18-,19-,21+,22-,23-/m1/s1.